The normalized spacial score (nSPS) is 10.1. The Kier molecular flexibility index (Phi) is 3.15. The van der Waals surface area contributed by atoms with Gasteiger partial charge in [-0.05, 0) is 23.9 Å². The van der Waals surface area contributed by atoms with Crippen molar-refractivity contribution >= 4 is 23.3 Å². The molecule has 2 aromatic heterocycles. The summed E-state index contributed by atoms with van der Waals surface area (Å²) in [5.74, 6) is -0.115. The van der Waals surface area contributed by atoms with Gasteiger partial charge in [0.15, 0.2) is 5.16 Å². The van der Waals surface area contributed by atoms with E-state index in [2.05, 4.69) is 15.0 Å². The molecule has 0 bridgehead atoms. The van der Waals surface area contributed by atoms with Crippen LogP contribution >= 0.6 is 11.8 Å². The molecule has 0 saturated heterocycles. The van der Waals surface area contributed by atoms with Crippen LogP contribution in [0.4, 0.5) is 11.5 Å². The summed E-state index contributed by atoms with van der Waals surface area (Å²) in [4.78, 5) is 21.9. The summed E-state index contributed by atoms with van der Waals surface area (Å²) in [6.45, 7) is 0. The van der Waals surface area contributed by atoms with Crippen molar-refractivity contribution in [3.05, 3.63) is 40.7 Å². The summed E-state index contributed by atoms with van der Waals surface area (Å²) in [5.41, 5.74) is 5.26. The second kappa shape index (κ2) is 4.74. The average molecular weight is 249 g/mol. The van der Waals surface area contributed by atoms with E-state index in [1.165, 1.54) is 23.9 Å². The van der Waals surface area contributed by atoms with Crippen molar-refractivity contribution < 1.29 is 4.92 Å². The molecule has 0 fully saturated rings. The van der Waals surface area contributed by atoms with Crippen LogP contribution in [-0.2, 0) is 0 Å². The molecular formula is C9H7N5O2S. The quantitative estimate of drug-likeness (QED) is 0.499. The Balaban J connectivity index is 2.24. The van der Waals surface area contributed by atoms with E-state index in [1.54, 1.807) is 18.5 Å². The number of aromatic nitrogens is 3. The minimum atomic E-state index is -0.574. The minimum absolute atomic E-state index is 0.115. The van der Waals surface area contributed by atoms with E-state index in [0.717, 1.165) is 0 Å². The Morgan fingerprint density at radius 1 is 1.29 bits per heavy atom. The molecule has 0 aliphatic carbocycles. The average Bonchev–Trinajstić information content (AvgIpc) is 2.30. The smallest absolute Gasteiger partial charge is 0.311 e. The number of anilines is 1. The predicted molar refractivity (Wildman–Crippen MR) is 61.5 cm³/mol. The third kappa shape index (κ3) is 2.67. The molecule has 2 rings (SSSR count). The molecule has 0 unspecified atom stereocenters. The van der Waals surface area contributed by atoms with Gasteiger partial charge in [-0.25, -0.2) is 15.0 Å². The van der Waals surface area contributed by atoms with Crippen molar-refractivity contribution in [1.82, 2.24) is 15.0 Å². The standard InChI is InChI=1S/C9H7N5O2S/c10-8-6(14(15)16)2-3-7(13-8)17-9-11-4-1-5-12-9/h1-5H,(H2,10,13). The first-order chi connectivity index (χ1) is 8.16. The monoisotopic (exact) mass is 249 g/mol. The van der Waals surface area contributed by atoms with Crippen LogP contribution in [0.3, 0.4) is 0 Å². The van der Waals surface area contributed by atoms with Crippen molar-refractivity contribution in [3.63, 3.8) is 0 Å². The summed E-state index contributed by atoms with van der Waals surface area (Å²) in [6, 6.07) is 4.52. The molecule has 0 atom stereocenters. The highest BCUT2D eigenvalue weighted by Gasteiger charge is 2.13. The zero-order chi connectivity index (χ0) is 12.3. The number of nitrogen functional groups attached to an aromatic ring is 1. The summed E-state index contributed by atoms with van der Waals surface area (Å²) >= 11 is 1.19. The van der Waals surface area contributed by atoms with Gasteiger partial charge < -0.3 is 5.73 Å². The van der Waals surface area contributed by atoms with E-state index in [-0.39, 0.29) is 11.5 Å². The molecule has 2 heterocycles. The van der Waals surface area contributed by atoms with Crippen LogP contribution in [0, 0.1) is 10.1 Å². The Morgan fingerprint density at radius 2 is 2.00 bits per heavy atom. The first-order valence-corrected chi connectivity index (χ1v) is 5.34. The van der Waals surface area contributed by atoms with Crippen LogP contribution in [0.15, 0.2) is 40.8 Å². The molecule has 17 heavy (non-hydrogen) atoms. The number of pyridine rings is 1. The topological polar surface area (TPSA) is 108 Å². The third-order valence-electron chi connectivity index (χ3n) is 1.81. The Hall–Kier alpha value is -2.22. The molecule has 8 heteroatoms. The third-order valence-corrected chi connectivity index (χ3v) is 2.64. The highest BCUT2D eigenvalue weighted by Crippen LogP contribution is 2.26. The van der Waals surface area contributed by atoms with Crippen molar-refractivity contribution in [2.75, 3.05) is 5.73 Å². The van der Waals surface area contributed by atoms with Crippen molar-refractivity contribution in [2.24, 2.45) is 0 Å². The van der Waals surface area contributed by atoms with Gasteiger partial charge in [-0.1, -0.05) is 0 Å². The molecular weight excluding hydrogens is 242 g/mol. The second-order valence-corrected chi connectivity index (χ2v) is 3.93. The summed E-state index contributed by atoms with van der Waals surface area (Å²) in [5, 5.41) is 11.6. The molecule has 0 amide bonds. The van der Waals surface area contributed by atoms with Crippen molar-refractivity contribution in [3.8, 4) is 0 Å². The number of nitrogens with zero attached hydrogens (tertiary/aromatic N) is 4. The number of hydrogen-bond acceptors (Lipinski definition) is 7. The molecule has 0 aliphatic rings. The number of nitro groups is 1. The van der Waals surface area contributed by atoms with Crippen molar-refractivity contribution in [2.45, 2.75) is 10.2 Å². The van der Waals surface area contributed by atoms with Gasteiger partial charge in [-0.15, -0.1) is 0 Å². The number of hydrogen-bond donors (Lipinski definition) is 1. The number of nitrogens with two attached hydrogens (primary N) is 1. The van der Waals surface area contributed by atoms with E-state index in [4.69, 9.17) is 5.73 Å². The first-order valence-electron chi connectivity index (χ1n) is 4.52. The van der Waals surface area contributed by atoms with Gasteiger partial charge in [0.05, 0.1) is 4.92 Å². The lowest BCUT2D eigenvalue weighted by Crippen LogP contribution is -1.99. The summed E-state index contributed by atoms with van der Waals surface area (Å²) < 4.78 is 0. The first kappa shape index (κ1) is 11.3. The predicted octanol–water partition coefficient (Wildman–Crippen LogP) is 1.51. The van der Waals surface area contributed by atoms with Crippen LogP contribution in [-0.4, -0.2) is 19.9 Å². The molecule has 7 nitrogen and oxygen atoms in total. The largest absolute Gasteiger partial charge is 0.378 e. The zero-order valence-corrected chi connectivity index (χ0v) is 9.29. The van der Waals surface area contributed by atoms with Gasteiger partial charge in [-0.2, -0.15) is 0 Å². The zero-order valence-electron chi connectivity index (χ0n) is 8.48. The van der Waals surface area contributed by atoms with E-state index in [0.29, 0.717) is 10.2 Å². The van der Waals surface area contributed by atoms with Gasteiger partial charge in [0.1, 0.15) is 5.03 Å². The lowest BCUT2D eigenvalue weighted by atomic mass is 10.4. The Morgan fingerprint density at radius 3 is 2.59 bits per heavy atom. The molecule has 86 valence electrons. The minimum Gasteiger partial charge on any atom is -0.378 e. The van der Waals surface area contributed by atoms with Gasteiger partial charge >= 0.3 is 5.69 Å². The van der Waals surface area contributed by atoms with Crippen LogP contribution < -0.4 is 5.73 Å². The fourth-order valence-corrected chi connectivity index (χ4v) is 1.79. The van der Waals surface area contributed by atoms with Crippen LogP contribution in [0.2, 0.25) is 0 Å². The molecule has 2 N–H and O–H groups in total. The van der Waals surface area contributed by atoms with E-state index < -0.39 is 4.92 Å². The molecule has 0 aromatic carbocycles. The molecule has 0 saturated carbocycles. The maximum Gasteiger partial charge on any atom is 0.311 e. The van der Waals surface area contributed by atoms with Gasteiger partial charge in [0.25, 0.3) is 0 Å². The lowest BCUT2D eigenvalue weighted by molar-refractivity contribution is -0.384. The number of rotatable bonds is 3. The summed E-state index contributed by atoms with van der Waals surface area (Å²) in [7, 11) is 0. The maximum absolute atomic E-state index is 10.5. The molecule has 0 spiro atoms. The Labute approximate surface area is 100 Å². The highest BCUT2D eigenvalue weighted by atomic mass is 32.2. The van der Waals surface area contributed by atoms with Crippen LogP contribution in [0.5, 0.6) is 0 Å². The van der Waals surface area contributed by atoms with Gasteiger partial charge in [-0.3, -0.25) is 10.1 Å². The Bertz CT molecular complexity index is 548. The maximum atomic E-state index is 10.5. The fraction of sp³-hybridized carbons (Fsp3) is 0. The summed E-state index contributed by atoms with van der Waals surface area (Å²) in [6.07, 6.45) is 3.20. The molecule has 0 radical (unpaired) electrons. The van der Waals surface area contributed by atoms with Crippen LogP contribution in [0.25, 0.3) is 0 Å². The highest BCUT2D eigenvalue weighted by molar-refractivity contribution is 7.99. The SMILES string of the molecule is Nc1nc(Sc2ncccn2)ccc1[N+](=O)[O-]. The second-order valence-electron chi connectivity index (χ2n) is 2.94. The lowest BCUT2D eigenvalue weighted by Gasteiger charge is -2.00. The van der Waals surface area contributed by atoms with Gasteiger partial charge in [0, 0.05) is 18.5 Å². The van der Waals surface area contributed by atoms with E-state index in [9.17, 15) is 10.1 Å². The molecule has 0 aliphatic heterocycles. The molecule has 2 aromatic rings. The van der Waals surface area contributed by atoms with Crippen LogP contribution in [0.1, 0.15) is 0 Å². The van der Waals surface area contributed by atoms with E-state index >= 15 is 0 Å². The van der Waals surface area contributed by atoms with Gasteiger partial charge in [0.2, 0.25) is 5.82 Å². The van der Waals surface area contributed by atoms with E-state index in [1.807, 2.05) is 0 Å². The fourth-order valence-electron chi connectivity index (χ4n) is 1.09. The van der Waals surface area contributed by atoms with Crippen molar-refractivity contribution in [1.29, 1.82) is 0 Å².